The molecule has 1 N–H and O–H groups in total. The number of hydrogen-bond acceptors (Lipinski definition) is 4. The molecule has 6 heteroatoms. The highest BCUT2D eigenvalue weighted by atomic mass is 31.2. The summed E-state index contributed by atoms with van der Waals surface area (Å²) in [5.74, 6) is 2.48. The second-order valence-corrected chi connectivity index (χ2v) is 10.5. The van der Waals surface area contributed by atoms with Crippen LogP contribution >= 0.6 is 7.82 Å². The summed E-state index contributed by atoms with van der Waals surface area (Å²) in [6.45, 7) is 11.1. The molecule has 2 unspecified atom stereocenters. The molecule has 0 bridgehead atoms. The molecule has 198 valence electrons. The van der Waals surface area contributed by atoms with E-state index in [4.69, 9.17) is 13.8 Å². The lowest BCUT2D eigenvalue weighted by molar-refractivity contribution is 0.110. The van der Waals surface area contributed by atoms with Gasteiger partial charge in [0.25, 0.3) is 0 Å². The Morgan fingerprint density at radius 2 is 1.26 bits per heavy atom. The first kappa shape index (κ1) is 31.4. The van der Waals surface area contributed by atoms with Crippen LogP contribution < -0.4 is 4.74 Å². The number of para-hydroxylation sites is 2. The fourth-order valence-corrected chi connectivity index (χ4v) is 4.39. The number of ether oxygens (including phenoxy) is 1. The Bertz CT molecular complexity index is 803. The number of phosphoric acid groups is 1. The van der Waals surface area contributed by atoms with E-state index < -0.39 is 7.82 Å². The highest BCUT2D eigenvalue weighted by molar-refractivity contribution is 7.47. The molecule has 2 aromatic carbocycles. The number of rotatable bonds is 16. The molecule has 2 atom stereocenters. The zero-order chi connectivity index (χ0) is 25.9. The van der Waals surface area contributed by atoms with E-state index in [2.05, 4.69) is 27.7 Å². The van der Waals surface area contributed by atoms with Gasteiger partial charge in [-0.3, -0.25) is 9.05 Å². The van der Waals surface area contributed by atoms with E-state index in [-0.39, 0.29) is 0 Å². The lowest BCUT2D eigenvalue weighted by Gasteiger charge is -2.20. The molecule has 0 radical (unpaired) electrons. The Labute approximate surface area is 213 Å². The molecule has 0 aliphatic heterocycles. The third-order valence-corrected chi connectivity index (χ3v) is 7.05. The van der Waals surface area contributed by atoms with Crippen LogP contribution in [0.25, 0.3) is 0 Å². The minimum atomic E-state index is -3.89. The van der Waals surface area contributed by atoms with Crippen LogP contribution in [0.3, 0.4) is 0 Å². The summed E-state index contributed by atoms with van der Waals surface area (Å²) >= 11 is 0. The van der Waals surface area contributed by atoms with Crippen molar-refractivity contribution < 1.29 is 23.2 Å². The average molecular weight is 507 g/mol. The van der Waals surface area contributed by atoms with Crippen LogP contribution in [0.5, 0.6) is 11.5 Å². The topological polar surface area (TPSA) is 65.0 Å². The first-order valence-electron chi connectivity index (χ1n) is 13.2. The molecule has 2 aromatic rings. The number of phosphoric ester groups is 1. The second kappa shape index (κ2) is 18.6. The molecule has 0 heterocycles. The molecule has 0 fully saturated rings. The molecule has 0 aromatic heterocycles. The second-order valence-electron chi connectivity index (χ2n) is 9.07. The number of unbranched alkanes of at least 4 members (excludes halogenated alkanes) is 2. The van der Waals surface area contributed by atoms with Crippen LogP contribution in [-0.4, -0.2) is 18.1 Å². The van der Waals surface area contributed by atoms with Crippen LogP contribution in [0.2, 0.25) is 0 Å². The third-order valence-electron chi connectivity index (χ3n) is 6.10. The van der Waals surface area contributed by atoms with Gasteiger partial charge in [-0.15, -0.1) is 0 Å². The van der Waals surface area contributed by atoms with Crippen LogP contribution in [0.4, 0.5) is 0 Å². The summed E-state index contributed by atoms with van der Waals surface area (Å²) in [7, 11) is -3.89. The van der Waals surface area contributed by atoms with E-state index in [1.807, 2.05) is 61.5 Å². The summed E-state index contributed by atoms with van der Waals surface area (Å²) in [5.41, 5.74) is 1.15. The van der Waals surface area contributed by atoms with E-state index in [9.17, 15) is 9.46 Å². The van der Waals surface area contributed by atoms with Gasteiger partial charge in [-0.05, 0) is 55.4 Å². The van der Waals surface area contributed by atoms with Gasteiger partial charge in [0.05, 0.1) is 13.2 Å². The Kier molecular flexibility index (Phi) is 16.7. The van der Waals surface area contributed by atoms with Gasteiger partial charge in [0.1, 0.15) is 11.5 Å². The average Bonchev–Trinajstić information content (AvgIpc) is 2.87. The van der Waals surface area contributed by atoms with Gasteiger partial charge in [-0.25, -0.2) is 4.57 Å². The lowest BCUT2D eigenvalue weighted by Crippen LogP contribution is -2.12. The number of benzene rings is 2. The summed E-state index contributed by atoms with van der Waals surface area (Å²) in [6.07, 6.45) is 8.56. The molecule has 2 rings (SSSR count). The molecular weight excluding hydrogens is 459 g/mol. The van der Waals surface area contributed by atoms with E-state index in [0.717, 1.165) is 68.4 Å². The Balaban J connectivity index is 0.000000375. The summed E-state index contributed by atoms with van der Waals surface area (Å²) in [4.78, 5) is 9.77. The Morgan fingerprint density at radius 1 is 0.771 bits per heavy atom. The minimum Gasteiger partial charge on any atom is -0.457 e. The Hall–Kier alpha value is -1.65. The van der Waals surface area contributed by atoms with Crippen molar-refractivity contribution in [3.63, 3.8) is 0 Å². The van der Waals surface area contributed by atoms with Crippen LogP contribution in [0, 0.1) is 18.8 Å². The van der Waals surface area contributed by atoms with Gasteiger partial charge < -0.3 is 9.63 Å². The molecule has 0 amide bonds. The van der Waals surface area contributed by atoms with E-state index in [1.165, 1.54) is 0 Å². The van der Waals surface area contributed by atoms with Crippen molar-refractivity contribution in [2.75, 3.05) is 13.2 Å². The first-order chi connectivity index (χ1) is 16.8. The van der Waals surface area contributed by atoms with Gasteiger partial charge in [0.2, 0.25) is 0 Å². The minimum absolute atomic E-state index is 0.316. The summed E-state index contributed by atoms with van der Waals surface area (Å²) < 4.78 is 28.0. The van der Waals surface area contributed by atoms with Crippen molar-refractivity contribution in [3.8, 4) is 11.5 Å². The number of aryl methyl sites for hydroxylation is 1. The zero-order valence-electron chi connectivity index (χ0n) is 22.4. The van der Waals surface area contributed by atoms with Gasteiger partial charge in [0.15, 0.2) is 0 Å². The van der Waals surface area contributed by atoms with E-state index >= 15 is 0 Å². The molecule has 0 saturated heterocycles. The maximum Gasteiger partial charge on any atom is 0.472 e. The Morgan fingerprint density at radius 3 is 1.71 bits per heavy atom. The quantitative estimate of drug-likeness (QED) is 0.230. The lowest BCUT2D eigenvalue weighted by atomic mass is 10.0. The van der Waals surface area contributed by atoms with E-state index in [1.54, 1.807) is 0 Å². The fourth-order valence-electron chi connectivity index (χ4n) is 3.52. The van der Waals surface area contributed by atoms with Crippen molar-refractivity contribution in [1.82, 2.24) is 0 Å². The van der Waals surface area contributed by atoms with Crippen LogP contribution in [0.15, 0.2) is 54.6 Å². The molecule has 0 aliphatic carbocycles. The first-order valence-corrected chi connectivity index (χ1v) is 14.7. The predicted octanol–water partition coefficient (Wildman–Crippen LogP) is 9.34. The van der Waals surface area contributed by atoms with Crippen LogP contribution in [-0.2, 0) is 13.6 Å². The number of hydrogen-bond donors (Lipinski definition) is 1. The zero-order valence-corrected chi connectivity index (χ0v) is 23.3. The van der Waals surface area contributed by atoms with Crippen LogP contribution in [0.1, 0.15) is 84.6 Å². The van der Waals surface area contributed by atoms with Crippen molar-refractivity contribution in [3.05, 3.63) is 60.2 Å². The SMILES string of the molecule is CCCCC(CC)COP(=O)(O)OCC(CC)CCCC.Cc1ccccc1Oc1ccccc1. The molecule has 0 aliphatic rings. The van der Waals surface area contributed by atoms with Crippen molar-refractivity contribution >= 4 is 7.82 Å². The highest BCUT2D eigenvalue weighted by Crippen LogP contribution is 2.44. The monoisotopic (exact) mass is 506 g/mol. The van der Waals surface area contributed by atoms with Gasteiger partial charge in [-0.2, -0.15) is 0 Å². The maximum absolute atomic E-state index is 11.9. The van der Waals surface area contributed by atoms with Crippen molar-refractivity contribution in [1.29, 1.82) is 0 Å². The molecule has 35 heavy (non-hydrogen) atoms. The smallest absolute Gasteiger partial charge is 0.457 e. The third kappa shape index (κ3) is 14.5. The predicted molar refractivity (Wildman–Crippen MR) is 146 cm³/mol. The largest absolute Gasteiger partial charge is 0.472 e. The normalized spacial score (nSPS) is 14.3. The fraction of sp³-hybridized carbons (Fsp3) is 0.586. The van der Waals surface area contributed by atoms with E-state index in [0.29, 0.717) is 25.0 Å². The molecule has 0 spiro atoms. The van der Waals surface area contributed by atoms with Gasteiger partial charge >= 0.3 is 7.82 Å². The maximum atomic E-state index is 11.9. The standard InChI is InChI=1S/C16H35O4P.C13H12O/c1-5-9-11-15(7-3)13-19-21(17,18)20-14-16(8-4)12-10-6-2;1-11-7-5-6-10-13(11)14-12-8-3-2-4-9-12/h15-16H,5-14H2,1-4H3,(H,17,18);2-10H,1H3. The molecular formula is C29H47O5P. The van der Waals surface area contributed by atoms with Crippen molar-refractivity contribution in [2.45, 2.75) is 86.0 Å². The molecule has 5 nitrogen and oxygen atoms in total. The van der Waals surface area contributed by atoms with Gasteiger partial charge in [-0.1, -0.05) is 103 Å². The van der Waals surface area contributed by atoms with Crippen molar-refractivity contribution in [2.24, 2.45) is 11.8 Å². The van der Waals surface area contributed by atoms with Gasteiger partial charge in [0, 0.05) is 0 Å². The molecule has 0 saturated carbocycles. The summed E-state index contributed by atoms with van der Waals surface area (Å²) in [5, 5.41) is 0. The summed E-state index contributed by atoms with van der Waals surface area (Å²) in [6, 6.07) is 17.8. The highest BCUT2D eigenvalue weighted by Gasteiger charge is 2.24.